The third kappa shape index (κ3) is 3.24. The molecule has 0 atom stereocenters. The first-order valence-electron chi connectivity index (χ1n) is 8.55. The van der Waals surface area contributed by atoms with Gasteiger partial charge in [-0.25, -0.2) is 0 Å². The number of fused-ring (bicyclic) bond motifs is 2. The molecule has 0 bridgehead atoms. The van der Waals surface area contributed by atoms with Crippen molar-refractivity contribution in [2.45, 2.75) is 28.5 Å². The molecule has 2 nitrogen and oxygen atoms in total. The van der Waals surface area contributed by atoms with Crippen LogP contribution < -0.4 is 9.47 Å². The number of para-hydroxylation sites is 2. The molecule has 0 unspecified atom stereocenters. The summed E-state index contributed by atoms with van der Waals surface area (Å²) in [6.45, 7) is 5.06. The molecule has 3 aromatic carbocycles. The van der Waals surface area contributed by atoms with Crippen LogP contribution in [0.25, 0.3) is 0 Å². The molecule has 1 aliphatic rings. The van der Waals surface area contributed by atoms with Crippen molar-refractivity contribution in [3.63, 3.8) is 0 Å². The van der Waals surface area contributed by atoms with E-state index in [9.17, 15) is 0 Å². The van der Waals surface area contributed by atoms with Crippen molar-refractivity contribution < 1.29 is 9.47 Å². The minimum Gasteiger partial charge on any atom is -0.493 e. The lowest BCUT2D eigenvalue weighted by atomic mass is 10.2. The van der Waals surface area contributed by atoms with Crippen molar-refractivity contribution in [2.75, 3.05) is 6.61 Å². The van der Waals surface area contributed by atoms with Crippen LogP contribution in [0.15, 0.2) is 87.5 Å². The third-order valence-corrected chi connectivity index (χ3v) is 6.30. The second-order valence-corrected chi connectivity index (χ2v) is 8.44. The van der Waals surface area contributed by atoms with Gasteiger partial charge < -0.3 is 9.47 Å². The Kier molecular flexibility index (Phi) is 4.41. The largest absolute Gasteiger partial charge is 0.493 e. The minimum atomic E-state index is -0.159. The van der Waals surface area contributed by atoms with Gasteiger partial charge in [-0.1, -0.05) is 38.1 Å². The molecule has 0 fully saturated rings. The Hall–Kier alpha value is -2.39. The predicted octanol–water partition coefficient (Wildman–Crippen LogP) is 5.92. The van der Waals surface area contributed by atoms with E-state index in [4.69, 9.17) is 9.47 Å². The van der Waals surface area contributed by atoms with Crippen LogP contribution in [0.3, 0.4) is 0 Å². The summed E-state index contributed by atoms with van der Waals surface area (Å²) < 4.78 is 11.9. The second-order valence-electron chi connectivity index (χ2n) is 6.48. The molecule has 1 heterocycles. The van der Waals surface area contributed by atoms with E-state index in [1.807, 2.05) is 24.3 Å². The molecule has 0 aromatic heterocycles. The fraction of sp³-hybridized carbons (Fsp3) is 0.182. The van der Waals surface area contributed by atoms with Crippen LogP contribution in [0, 0.1) is 5.92 Å². The Labute approximate surface area is 151 Å². The van der Waals surface area contributed by atoms with Crippen LogP contribution in [-0.4, -0.2) is 6.61 Å². The average Bonchev–Trinajstić information content (AvgIpc) is 2.65. The van der Waals surface area contributed by atoms with Crippen LogP contribution in [-0.2, 0) is 10.9 Å². The molecule has 0 saturated carbocycles. The standard InChI is InChI=1S/C22H21O2S/c1-16(2)15-23-17-11-13-18(14-12-17)25-21-9-5-3-7-19(21)24-20-8-4-6-10-22(20)25/h3-14,16H,15H2,1-2H3/q+1. The van der Waals surface area contributed by atoms with Gasteiger partial charge in [0.1, 0.15) is 16.6 Å². The molecule has 0 saturated heterocycles. The van der Waals surface area contributed by atoms with E-state index in [0.29, 0.717) is 5.92 Å². The number of rotatable bonds is 4. The van der Waals surface area contributed by atoms with E-state index in [2.05, 4.69) is 62.4 Å². The molecule has 0 N–H and O–H groups in total. The van der Waals surface area contributed by atoms with Crippen LogP contribution in [0.1, 0.15) is 13.8 Å². The first-order valence-corrected chi connectivity index (χ1v) is 9.78. The van der Waals surface area contributed by atoms with Gasteiger partial charge in [0.25, 0.3) is 0 Å². The van der Waals surface area contributed by atoms with Crippen molar-refractivity contribution >= 4 is 10.9 Å². The quantitative estimate of drug-likeness (QED) is 0.426. The second kappa shape index (κ2) is 6.85. The zero-order valence-corrected chi connectivity index (χ0v) is 15.3. The molecule has 1 aliphatic heterocycles. The molecule has 3 heteroatoms. The summed E-state index contributed by atoms with van der Waals surface area (Å²) >= 11 is 0. The molecular weight excluding hydrogens is 328 g/mol. The zero-order valence-electron chi connectivity index (χ0n) is 14.4. The van der Waals surface area contributed by atoms with E-state index in [0.717, 1.165) is 23.9 Å². The highest BCUT2D eigenvalue weighted by molar-refractivity contribution is 7.97. The highest BCUT2D eigenvalue weighted by Gasteiger charge is 2.38. The van der Waals surface area contributed by atoms with Crippen molar-refractivity contribution in [3.05, 3.63) is 72.8 Å². The van der Waals surface area contributed by atoms with Crippen molar-refractivity contribution in [1.29, 1.82) is 0 Å². The minimum absolute atomic E-state index is 0.159. The summed E-state index contributed by atoms with van der Waals surface area (Å²) in [7, 11) is -0.159. The Morgan fingerprint density at radius 2 is 1.36 bits per heavy atom. The number of hydrogen-bond donors (Lipinski definition) is 0. The Morgan fingerprint density at radius 3 is 1.92 bits per heavy atom. The normalized spacial score (nSPS) is 13.1. The van der Waals surface area contributed by atoms with Gasteiger partial charge >= 0.3 is 0 Å². The van der Waals surface area contributed by atoms with Gasteiger partial charge in [-0.2, -0.15) is 0 Å². The summed E-state index contributed by atoms with van der Waals surface area (Å²) in [5.74, 6) is 3.35. The summed E-state index contributed by atoms with van der Waals surface area (Å²) in [5, 5.41) is 0. The van der Waals surface area contributed by atoms with Crippen molar-refractivity contribution in [3.8, 4) is 17.2 Å². The van der Waals surface area contributed by atoms with E-state index < -0.39 is 0 Å². The van der Waals surface area contributed by atoms with E-state index in [1.54, 1.807) is 0 Å². The van der Waals surface area contributed by atoms with Gasteiger partial charge in [0.05, 0.1) is 6.61 Å². The maximum atomic E-state index is 6.10. The summed E-state index contributed by atoms with van der Waals surface area (Å²) in [4.78, 5) is 3.74. The average molecular weight is 349 g/mol. The molecule has 0 aliphatic carbocycles. The Balaban J connectivity index is 1.72. The van der Waals surface area contributed by atoms with E-state index >= 15 is 0 Å². The molecule has 126 valence electrons. The SMILES string of the molecule is CC(C)COc1ccc([S+]2c3ccccc3Oc3ccccc32)cc1. The van der Waals surface area contributed by atoms with Gasteiger partial charge in [-0.3, -0.25) is 0 Å². The maximum Gasteiger partial charge on any atom is 0.209 e. The monoisotopic (exact) mass is 349 g/mol. The smallest absolute Gasteiger partial charge is 0.209 e. The topological polar surface area (TPSA) is 18.5 Å². The molecule has 0 radical (unpaired) electrons. The lowest BCUT2D eigenvalue weighted by Crippen LogP contribution is -2.12. The highest BCUT2D eigenvalue weighted by atomic mass is 32.2. The van der Waals surface area contributed by atoms with Crippen molar-refractivity contribution in [2.24, 2.45) is 5.92 Å². The number of hydrogen-bond acceptors (Lipinski definition) is 2. The van der Waals surface area contributed by atoms with Crippen molar-refractivity contribution in [1.82, 2.24) is 0 Å². The van der Waals surface area contributed by atoms with Gasteiger partial charge in [-0.15, -0.1) is 0 Å². The van der Waals surface area contributed by atoms with Crippen LogP contribution in [0.5, 0.6) is 17.2 Å². The Morgan fingerprint density at radius 1 is 0.800 bits per heavy atom. The van der Waals surface area contributed by atoms with Crippen LogP contribution >= 0.6 is 0 Å². The maximum absolute atomic E-state index is 6.10. The first kappa shape index (κ1) is 16.1. The number of benzene rings is 3. The first-order chi connectivity index (χ1) is 12.2. The summed E-state index contributed by atoms with van der Waals surface area (Å²) in [5.41, 5.74) is 0. The molecular formula is C22H21O2S+. The number of ether oxygens (including phenoxy) is 2. The van der Waals surface area contributed by atoms with Crippen LogP contribution in [0.4, 0.5) is 0 Å². The fourth-order valence-corrected chi connectivity index (χ4v) is 5.04. The fourth-order valence-electron chi connectivity index (χ4n) is 2.83. The molecule has 3 aromatic rings. The lowest BCUT2D eigenvalue weighted by molar-refractivity contribution is 0.271. The van der Waals surface area contributed by atoms with Gasteiger partial charge in [0.2, 0.25) is 9.79 Å². The third-order valence-electron chi connectivity index (χ3n) is 4.00. The predicted molar refractivity (Wildman–Crippen MR) is 102 cm³/mol. The summed E-state index contributed by atoms with van der Waals surface area (Å²) in [6, 6.07) is 25.1. The van der Waals surface area contributed by atoms with Gasteiger partial charge in [0, 0.05) is 0 Å². The van der Waals surface area contributed by atoms with Gasteiger partial charge in [-0.05, 0) is 54.4 Å². The van der Waals surface area contributed by atoms with E-state index in [1.165, 1.54) is 14.7 Å². The molecule has 25 heavy (non-hydrogen) atoms. The lowest BCUT2D eigenvalue weighted by Gasteiger charge is -2.19. The van der Waals surface area contributed by atoms with Gasteiger partial charge in [0.15, 0.2) is 16.4 Å². The highest BCUT2D eigenvalue weighted by Crippen LogP contribution is 2.46. The zero-order chi connectivity index (χ0) is 17.2. The Bertz CT molecular complexity index is 826. The molecule has 0 spiro atoms. The van der Waals surface area contributed by atoms with E-state index in [-0.39, 0.29) is 10.9 Å². The molecule has 4 rings (SSSR count). The van der Waals surface area contributed by atoms with Crippen LogP contribution in [0.2, 0.25) is 0 Å². The summed E-state index contributed by atoms with van der Waals surface area (Å²) in [6.07, 6.45) is 0. The molecule has 0 amide bonds.